The number of benzene rings is 2. The average Bonchev–Trinajstić information content (AvgIpc) is 2.98. The summed E-state index contributed by atoms with van der Waals surface area (Å²) in [6.07, 6.45) is 2.34. The lowest BCUT2D eigenvalue weighted by atomic mass is 9.99. The molecule has 22 heavy (non-hydrogen) atoms. The minimum absolute atomic E-state index is 0.206. The second-order valence-electron chi connectivity index (χ2n) is 5.59. The van der Waals surface area contributed by atoms with E-state index in [1.54, 1.807) is 0 Å². The summed E-state index contributed by atoms with van der Waals surface area (Å²) in [5.74, 6) is 0.861. The third-order valence-corrected chi connectivity index (χ3v) is 4.00. The molecule has 3 nitrogen and oxygen atoms in total. The van der Waals surface area contributed by atoms with E-state index in [4.69, 9.17) is 4.74 Å². The molecule has 114 valence electrons. The summed E-state index contributed by atoms with van der Waals surface area (Å²) in [5, 5.41) is 12.8. The van der Waals surface area contributed by atoms with Crippen LogP contribution in [0.2, 0.25) is 0 Å². The van der Waals surface area contributed by atoms with E-state index >= 15 is 0 Å². The fraction of sp³-hybridized carbons (Fsp3) is 0.263. The van der Waals surface area contributed by atoms with Gasteiger partial charge in [0.25, 0.3) is 0 Å². The lowest BCUT2D eigenvalue weighted by molar-refractivity contribution is 0.187. The van der Waals surface area contributed by atoms with Gasteiger partial charge in [-0.3, -0.25) is 0 Å². The van der Waals surface area contributed by atoms with Crippen LogP contribution in [0.25, 0.3) is 17.2 Å². The molecule has 2 aromatic carbocycles. The first-order valence-corrected chi connectivity index (χ1v) is 7.63. The summed E-state index contributed by atoms with van der Waals surface area (Å²) in [4.78, 5) is 0. The maximum absolute atomic E-state index is 9.57. The van der Waals surface area contributed by atoms with E-state index in [9.17, 15) is 5.11 Å². The molecule has 0 radical (unpaired) electrons. The second-order valence-corrected chi connectivity index (χ2v) is 5.59. The van der Waals surface area contributed by atoms with Gasteiger partial charge in [-0.25, -0.2) is 0 Å². The predicted molar refractivity (Wildman–Crippen MR) is 89.9 cm³/mol. The van der Waals surface area contributed by atoms with Crippen LogP contribution in [0.1, 0.15) is 12.0 Å². The van der Waals surface area contributed by atoms with Crippen LogP contribution >= 0.6 is 0 Å². The highest BCUT2D eigenvalue weighted by atomic mass is 16.5. The predicted octanol–water partition coefficient (Wildman–Crippen LogP) is 3.10. The van der Waals surface area contributed by atoms with Crippen molar-refractivity contribution in [1.82, 2.24) is 5.32 Å². The molecule has 3 rings (SSSR count). The fourth-order valence-corrected chi connectivity index (χ4v) is 2.85. The maximum Gasteiger partial charge on any atom is 0.127 e. The van der Waals surface area contributed by atoms with Gasteiger partial charge in [0.15, 0.2) is 0 Å². The molecule has 0 aliphatic carbocycles. The van der Waals surface area contributed by atoms with Gasteiger partial charge in [0, 0.05) is 18.2 Å². The average molecular weight is 295 g/mol. The molecule has 0 saturated carbocycles. The van der Waals surface area contributed by atoms with Gasteiger partial charge < -0.3 is 15.2 Å². The molecule has 2 atom stereocenters. The summed E-state index contributed by atoms with van der Waals surface area (Å²) >= 11 is 0. The third kappa shape index (κ3) is 3.21. The molecular formula is C19H21NO2. The quantitative estimate of drug-likeness (QED) is 0.890. The van der Waals surface area contributed by atoms with Crippen molar-refractivity contribution in [2.75, 3.05) is 13.2 Å². The van der Waals surface area contributed by atoms with Gasteiger partial charge in [-0.2, -0.15) is 0 Å². The van der Waals surface area contributed by atoms with Crippen molar-refractivity contribution < 1.29 is 9.84 Å². The number of aliphatic hydroxyl groups excluding tert-OH is 1. The monoisotopic (exact) mass is 295 g/mol. The second kappa shape index (κ2) is 6.77. The van der Waals surface area contributed by atoms with Crippen LogP contribution in [0, 0.1) is 0 Å². The largest absolute Gasteiger partial charge is 0.491 e. The zero-order chi connectivity index (χ0) is 15.4. The van der Waals surface area contributed by atoms with Crippen molar-refractivity contribution in [2.45, 2.75) is 18.6 Å². The van der Waals surface area contributed by atoms with Crippen molar-refractivity contribution in [3.05, 3.63) is 60.7 Å². The number of nitrogens with one attached hydrogen (secondary N) is 1. The van der Waals surface area contributed by atoms with E-state index in [1.807, 2.05) is 42.5 Å². The van der Waals surface area contributed by atoms with E-state index in [2.05, 4.69) is 24.0 Å². The standard InChI is InChI=1S/C19H21NO2/c1-2-14-7-3-4-8-17(14)18-9-5-6-10-19(18)22-13-15-11-16(21)12-20-15/h2-10,15-16,20-21H,1,11-13H2. The van der Waals surface area contributed by atoms with Crippen LogP contribution in [0.3, 0.4) is 0 Å². The Morgan fingerprint density at radius 1 is 1.14 bits per heavy atom. The Balaban J connectivity index is 1.82. The Hall–Kier alpha value is -2.10. The Morgan fingerprint density at radius 3 is 2.59 bits per heavy atom. The number of aliphatic hydroxyl groups is 1. The molecule has 0 spiro atoms. The minimum Gasteiger partial charge on any atom is -0.491 e. The topological polar surface area (TPSA) is 41.5 Å². The van der Waals surface area contributed by atoms with E-state index < -0.39 is 0 Å². The Bertz CT molecular complexity index is 653. The van der Waals surface area contributed by atoms with Gasteiger partial charge in [-0.05, 0) is 23.6 Å². The van der Waals surface area contributed by atoms with E-state index in [0.717, 1.165) is 28.9 Å². The lowest BCUT2D eigenvalue weighted by Gasteiger charge is -2.16. The van der Waals surface area contributed by atoms with Crippen molar-refractivity contribution in [2.24, 2.45) is 0 Å². The molecule has 1 heterocycles. The van der Waals surface area contributed by atoms with Gasteiger partial charge in [-0.15, -0.1) is 0 Å². The first-order chi connectivity index (χ1) is 10.8. The zero-order valence-corrected chi connectivity index (χ0v) is 12.5. The minimum atomic E-state index is -0.259. The molecule has 0 amide bonds. The molecule has 1 fully saturated rings. The number of hydrogen-bond acceptors (Lipinski definition) is 3. The number of ether oxygens (including phenoxy) is 1. The highest BCUT2D eigenvalue weighted by Crippen LogP contribution is 2.33. The molecule has 2 unspecified atom stereocenters. The van der Waals surface area contributed by atoms with E-state index in [0.29, 0.717) is 13.2 Å². The molecule has 3 heteroatoms. The first-order valence-electron chi connectivity index (χ1n) is 7.63. The van der Waals surface area contributed by atoms with Crippen LogP contribution in [-0.2, 0) is 0 Å². The molecule has 1 saturated heterocycles. The lowest BCUT2D eigenvalue weighted by Crippen LogP contribution is -2.28. The van der Waals surface area contributed by atoms with Crippen LogP contribution in [-0.4, -0.2) is 30.4 Å². The number of β-amino-alcohol motifs (C(OH)–C–C–N with tert-alkyl or cyclic N) is 1. The normalized spacial score (nSPS) is 20.8. The molecular weight excluding hydrogens is 274 g/mol. The van der Waals surface area contributed by atoms with E-state index in [1.165, 1.54) is 0 Å². The first kappa shape index (κ1) is 14.8. The molecule has 1 aliphatic rings. The van der Waals surface area contributed by atoms with Crippen molar-refractivity contribution in [3.63, 3.8) is 0 Å². The highest BCUT2D eigenvalue weighted by molar-refractivity contribution is 5.78. The van der Waals surface area contributed by atoms with Gasteiger partial charge in [0.1, 0.15) is 12.4 Å². The van der Waals surface area contributed by atoms with Gasteiger partial charge >= 0.3 is 0 Å². The number of rotatable bonds is 5. The molecule has 0 bridgehead atoms. The summed E-state index contributed by atoms with van der Waals surface area (Å²) < 4.78 is 6.02. The zero-order valence-electron chi connectivity index (χ0n) is 12.5. The number of hydrogen-bond donors (Lipinski definition) is 2. The Kier molecular flexibility index (Phi) is 4.56. The molecule has 2 N–H and O–H groups in total. The van der Waals surface area contributed by atoms with E-state index in [-0.39, 0.29) is 12.1 Å². The van der Waals surface area contributed by atoms with Crippen LogP contribution < -0.4 is 10.1 Å². The summed E-state index contributed by atoms with van der Waals surface area (Å²) in [5.41, 5.74) is 3.28. The van der Waals surface area contributed by atoms with Gasteiger partial charge in [0.2, 0.25) is 0 Å². The SMILES string of the molecule is C=Cc1ccccc1-c1ccccc1OCC1CC(O)CN1. The third-order valence-electron chi connectivity index (χ3n) is 4.00. The Labute approximate surface area is 131 Å². The van der Waals surface area contributed by atoms with Crippen molar-refractivity contribution in [3.8, 4) is 16.9 Å². The van der Waals surface area contributed by atoms with Crippen molar-refractivity contribution >= 4 is 6.08 Å². The molecule has 0 aromatic heterocycles. The summed E-state index contributed by atoms with van der Waals surface area (Å²) in [6, 6.07) is 16.4. The highest BCUT2D eigenvalue weighted by Gasteiger charge is 2.22. The maximum atomic E-state index is 9.57. The van der Waals surface area contributed by atoms with Crippen molar-refractivity contribution in [1.29, 1.82) is 0 Å². The molecule has 2 aromatic rings. The van der Waals surface area contributed by atoms with Crippen LogP contribution in [0.5, 0.6) is 5.75 Å². The fourth-order valence-electron chi connectivity index (χ4n) is 2.85. The number of para-hydroxylation sites is 1. The van der Waals surface area contributed by atoms with Gasteiger partial charge in [0.05, 0.1) is 6.10 Å². The van der Waals surface area contributed by atoms with Crippen LogP contribution in [0.4, 0.5) is 0 Å². The Morgan fingerprint density at radius 2 is 1.86 bits per heavy atom. The molecule has 1 aliphatic heterocycles. The van der Waals surface area contributed by atoms with Crippen LogP contribution in [0.15, 0.2) is 55.1 Å². The smallest absolute Gasteiger partial charge is 0.127 e. The summed E-state index contributed by atoms with van der Waals surface area (Å²) in [6.45, 7) is 5.09. The summed E-state index contributed by atoms with van der Waals surface area (Å²) in [7, 11) is 0. The van der Waals surface area contributed by atoms with Gasteiger partial charge in [-0.1, -0.05) is 55.1 Å².